The monoisotopic (exact) mass is 355 g/mol. The van der Waals surface area contributed by atoms with E-state index in [0.717, 1.165) is 21.6 Å². The molecule has 0 saturated carbocycles. The highest BCUT2D eigenvalue weighted by Crippen LogP contribution is 2.49. The highest BCUT2D eigenvalue weighted by molar-refractivity contribution is 7.20. The van der Waals surface area contributed by atoms with Crippen molar-refractivity contribution in [3.63, 3.8) is 0 Å². The zero-order valence-electron chi connectivity index (χ0n) is 11.2. The molecular weight excluding hydrogens is 345 g/mol. The molecule has 0 saturated heterocycles. The van der Waals surface area contributed by atoms with E-state index in [1.54, 1.807) is 12.1 Å². The maximum absolute atomic E-state index is 11.8. The number of carbonyl (C=O) groups is 2. The minimum Gasteiger partial charge on any atom is -0.365 e. The highest BCUT2D eigenvalue weighted by Gasteiger charge is 2.30. The number of amides is 3. The molecule has 22 heavy (non-hydrogen) atoms. The van der Waals surface area contributed by atoms with Gasteiger partial charge < -0.3 is 11.5 Å². The quantitative estimate of drug-likeness (QED) is 0.768. The number of fused-ring (bicyclic) bond motifs is 3. The van der Waals surface area contributed by atoms with Gasteiger partial charge in [0.2, 0.25) is 0 Å². The molecule has 0 radical (unpaired) electrons. The smallest absolute Gasteiger partial charge is 0.317 e. The van der Waals surface area contributed by atoms with E-state index in [0.29, 0.717) is 33.5 Å². The number of urea groups is 1. The summed E-state index contributed by atoms with van der Waals surface area (Å²) < 4.78 is 0. The summed E-state index contributed by atoms with van der Waals surface area (Å²) in [5.74, 6) is -0.608. The zero-order chi connectivity index (χ0) is 16.0. The molecule has 0 spiro atoms. The van der Waals surface area contributed by atoms with E-state index < -0.39 is 11.9 Å². The van der Waals surface area contributed by atoms with E-state index in [1.165, 1.54) is 11.3 Å². The Bertz CT molecular complexity index is 817. The summed E-state index contributed by atoms with van der Waals surface area (Å²) in [5.41, 5.74) is 13.4. The summed E-state index contributed by atoms with van der Waals surface area (Å²) in [5, 5.41) is 3.97. The Morgan fingerprint density at radius 2 is 1.73 bits per heavy atom. The van der Waals surface area contributed by atoms with Gasteiger partial charge in [0.1, 0.15) is 5.00 Å². The Kier molecular flexibility index (Phi) is 3.76. The van der Waals surface area contributed by atoms with Crippen molar-refractivity contribution in [2.24, 2.45) is 11.5 Å². The Morgan fingerprint density at radius 3 is 2.36 bits per heavy atom. The van der Waals surface area contributed by atoms with Crippen LogP contribution in [-0.4, -0.2) is 11.9 Å². The Morgan fingerprint density at radius 1 is 1.09 bits per heavy atom. The number of carbonyl (C=O) groups excluding carboxylic acids is 2. The molecule has 114 valence electrons. The second kappa shape index (κ2) is 5.46. The van der Waals surface area contributed by atoms with Crippen LogP contribution in [0.15, 0.2) is 12.1 Å². The lowest BCUT2D eigenvalue weighted by Crippen LogP contribution is -2.22. The molecule has 0 aliphatic heterocycles. The number of benzene rings is 1. The summed E-state index contributed by atoms with van der Waals surface area (Å²) in [6, 6.07) is 2.71. The number of anilines is 1. The normalized spacial score (nSPS) is 12.5. The van der Waals surface area contributed by atoms with E-state index in [1.807, 2.05) is 0 Å². The van der Waals surface area contributed by atoms with Gasteiger partial charge in [-0.15, -0.1) is 11.3 Å². The summed E-state index contributed by atoms with van der Waals surface area (Å²) >= 11 is 13.8. The van der Waals surface area contributed by atoms with Gasteiger partial charge in [-0.25, -0.2) is 4.79 Å². The topological polar surface area (TPSA) is 98.2 Å². The maximum Gasteiger partial charge on any atom is 0.317 e. The standard InChI is InChI=1S/C14H11Cl2N3O2S/c15-7-3-4-8(16)9-5(7)1-2-6-10(12(17)20)13(19-14(18)21)22-11(6)9/h3-4H,1-2H2,(H2,17,20)(H3,18,19,21). The van der Waals surface area contributed by atoms with Crippen LogP contribution in [0, 0.1) is 0 Å². The fraction of sp³-hybridized carbons (Fsp3) is 0.143. The second-order valence-corrected chi connectivity index (χ2v) is 6.69. The average Bonchev–Trinajstić information content (AvgIpc) is 2.79. The van der Waals surface area contributed by atoms with Gasteiger partial charge in [0.25, 0.3) is 5.91 Å². The number of nitrogens with one attached hydrogen (secondary N) is 1. The van der Waals surface area contributed by atoms with Crippen molar-refractivity contribution in [3.05, 3.63) is 38.9 Å². The molecule has 8 heteroatoms. The van der Waals surface area contributed by atoms with Crippen LogP contribution in [0.2, 0.25) is 10.0 Å². The van der Waals surface area contributed by atoms with Crippen LogP contribution in [-0.2, 0) is 12.8 Å². The third-order valence-corrected chi connectivity index (χ3v) is 5.38. The number of thiophene rings is 1. The summed E-state index contributed by atoms with van der Waals surface area (Å²) in [4.78, 5) is 23.7. The number of hydrogen-bond donors (Lipinski definition) is 3. The molecule has 1 aliphatic rings. The van der Waals surface area contributed by atoms with Crippen molar-refractivity contribution in [3.8, 4) is 10.4 Å². The van der Waals surface area contributed by atoms with Crippen LogP contribution >= 0.6 is 34.5 Å². The maximum atomic E-state index is 11.8. The summed E-state index contributed by atoms with van der Waals surface area (Å²) in [7, 11) is 0. The second-order valence-electron chi connectivity index (χ2n) is 4.85. The number of rotatable bonds is 2. The van der Waals surface area contributed by atoms with Crippen LogP contribution in [0.1, 0.15) is 21.5 Å². The third kappa shape index (κ3) is 2.33. The lowest BCUT2D eigenvalue weighted by molar-refractivity contribution is 0.100. The summed E-state index contributed by atoms with van der Waals surface area (Å²) in [6.45, 7) is 0. The van der Waals surface area contributed by atoms with Gasteiger partial charge in [-0.1, -0.05) is 23.2 Å². The van der Waals surface area contributed by atoms with Gasteiger partial charge in [-0.05, 0) is 36.1 Å². The van der Waals surface area contributed by atoms with Gasteiger partial charge in [0.05, 0.1) is 5.56 Å². The number of halogens is 2. The van der Waals surface area contributed by atoms with Crippen LogP contribution in [0.25, 0.3) is 10.4 Å². The predicted molar refractivity (Wildman–Crippen MR) is 88.9 cm³/mol. The van der Waals surface area contributed by atoms with E-state index in [-0.39, 0.29) is 0 Å². The molecule has 1 heterocycles. The lowest BCUT2D eigenvalue weighted by Gasteiger charge is -2.19. The van der Waals surface area contributed by atoms with E-state index in [4.69, 9.17) is 34.7 Å². The number of primary amides is 2. The zero-order valence-corrected chi connectivity index (χ0v) is 13.5. The first kappa shape index (κ1) is 15.1. The lowest BCUT2D eigenvalue weighted by atomic mass is 9.89. The van der Waals surface area contributed by atoms with Crippen LogP contribution in [0.5, 0.6) is 0 Å². The molecule has 2 aromatic rings. The number of nitrogens with two attached hydrogens (primary N) is 2. The fourth-order valence-electron chi connectivity index (χ4n) is 2.70. The Hall–Kier alpha value is -1.76. The molecule has 0 bridgehead atoms. The van der Waals surface area contributed by atoms with Crippen molar-refractivity contribution in [2.75, 3.05) is 5.32 Å². The molecule has 0 atom stereocenters. The van der Waals surface area contributed by atoms with Gasteiger partial charge in [0, 0.05) is 20.5 Å². The van der Waals surface area contributed by atoms with Crippen molar-refractivity contribution < 1.29 is 9.59 Å². The molecule has 5 N–H and O–H groups in total. The molecule has 0 fully saturated rings. The predicted octanol–water partition coefficient (Wildman–Crippen LogP) is 3.41. The van der Waals surface area contributed by atoms with E-state index in [2.05, 4.69) is 5.32 Å². The Labute approximate surface area is 140 Å². The highest BCUT2D eigenvalue weighted by atomic mass is 35.5. The number of hydrogen-bond acceptors (Lipinski definition) is 3. The SMILES string of the molecule is NC(=O)Nc1sc2c(c1C(N)=O)CCc1c(Cl)ccc(Cl)c1-2. The molecule has 1 aliphatic carbocycles. The van der Waals surface area contributed by atoms with Gasteiger partial charge in [0.15, 0.2) is 0 Å². The van der Waals surface area contributed by atoms with Crippen LogP contribution < -0.4 is 16.8 Å². The van der Waals surface area contributed by atoms with E-state index in [9.17, 15) is 9.59 Å². The first-order valence-corrected chi connectivity index (χ1v) is 7.96. The molecular formula is C14H11Cl2N3O2S. The molecule has 5 nitrogen and oxygen atoms in total. The summed E-state index contributed by atoms with van der Waals surface area (Å²) in [6.07, 6.45) is 1.24. The third-order valence-electron chi connectivity index (χ3n) is 3.55. The minimum absolute atomic E-state index is 0.292. The van der Waals surface area contributed by atoms with Crippen molar-refractivity contribution >= 4 is 51.5 Å². The minimum atomic E-state index is -0.751. The molecule has 0 unspecified atom stereocenters. The largest absolute Gasteiger partial charge is 0.365 e. The van der Waals surface area contributed by atoms with Gasteiger partial charge >= 0.3 is 6.03 Å². The molecule has 1 aromatic carbocycles. The average molecular weight is 356 g/mol. The van der Waals surface area contributed by atoms with Crippen LogP contribution in [0.4, 0.5) is 9.80 Å². The van der Waals surface area contributed by atoms with Crippen molar-refractivity contribution in [2.45, 2.75) is 12.8 Å². The Balaban J connectivity index is 2.28. The molecule has 3 rings (SSSR count). The van der Waals surface area contributed by atoms with Crippen molar-refractivity contribution in [1.29, 1.82) is 0 Å². The van der Waals surface area contributed by atoms with E-state index >= 15 is 0 Å². The molecule has 1 aromatic heterocycles. The van der Waals surface area contributed by atoms with Gasteiger partial charge in [-0.2, -0.15) is 0 Å². The first-order valence-electron chi connectivity index (χ1n) is 6.39. The van der Waals surface area contributed by atoms with Crippen molar-refractivity contribution in [1.82, 2.24) is 0 Å². The first-order chi connectivity index (χ1) is 10.4. The molecule has 3 amide bonds. The van der Waals surface area contributed by atoms with Crippen LogP contribution in [0.3, 0.4) is 0 Å². The fourth-order valence-corrected chi connectivity index (χ4v) is 4.62. The van der Waals surface area contributed by atoms with Gasteiger partial charge in [-0.3, -0.25) is 10.1 Å².